The maximum atomic E-state index is 11.7. The maximum absolute atomic E-state index is 11.7. The Balaban J connectivity index is 1.87. The smallest absolute Gasteiger partial charge is 0.178 e. The summed E-state index contributed by atoms with van der Waals surface area (Å²) >= 11 is 0. The van der Waals surface area contributed by atoms with Crippen LogP contribution in [0, 0.1) is 10.8 Å². The second kappa shape index (κ2) is 4.07. The molecule has 110 valence electrons. The number of hydrogen-bond donors (Lipinski definition) is 1. The summed E-state index contributed by atoms with van der Waals surface area (Å²) in [6.45, 7) is 4.55. The molecule has 4 aliphatic carbocycles. The predicted octanol–water partition coefficient (Wildman–Crippen LogP) is 3.64. The lowest BCUT2D eigenvalue weighted by atomic mass is 9.57. The second-order valence-corrected chi connectivity index (χ2v) is 7.48. The van der Waals surface area contributed by atoms with Gasteiger partial charge in [0.15, 0.2) is 5.78 Å². The molecule has 3 atom stereocenters. The summed E-state index contributed by atoms with van der Waals surface area (Å²) in [5.41, 5.74) is 5.71. The van der Waals surface area contributed by atoms with Crippen LogP contribution in [0.4, 0.5) is 0 Å². The molecule has 0 heterocycles. The molecule has 0 radical (unpaired) electrons. The molecule has 2 nitrogen and oxygen atoms in total. The van der Waals surface area contributed by atoms with Crippen molar-refractivity contribution >= 4 is 5.78 Å². The number of ketones is 1. The van der Waals surface area contributed by atoms with Crippen molar-refractivity contribution in [3.8, 4) is 0 Å². The fourth-order valence-electron chi connectivity index (χ4n) is 4.91. The molecule has 1 N–H and O–H groups in total. The van der Waals surface area contributed by atoms with E-state index in [1.807, 2.05) is 6.08 Å². The number of carbonyl (C=O) groups excluding carboxylic acids is 1. The van der Waals surface area contributed by atoms with E-state index in [0.29, 0.717) is 0 Å². The van der Waals surface area contributed by atoms with Crippen LogP contribution in [0.2, 0.25) is 0 Å². The molecule has 0 bridgehead atoms. The van der Waals surface area contributed by atoms with E-state index in [0.717, 1.165) is 32.1 Å². The number of aliphatic hydroxyl groups excluding tert-OH is 1. The lowest BCUT2D eigenvalue weighted by Gasteiger charge is -2.46. The quantitative estimate of drug-likeness (QED) is 0.736. The molecular formula is C19H22O2. The summed E-state index contributed by atoms with van der Waals surface area (Å²) in [4.78, 5) is 11.7. The van der Waals surface area contributed by atoms with Crippen molar-refractivity contribution < 1.29 is 9.90 Å². The summed E-state index contributed by atoms with van der Waals surface area (Å²) in [7, 11) is 0. The van der Waals surface area contributed by atoms with Crippen LogP contribution in [-0.4, -0.2) is 17.0 Å². The average Bonchev–Trinajstić information content (AvgIpc) is 2.74. The van der Waals surface area contributed by atoms with Crippen molar-refractivity contribution in [3.05, 3.63) is 46.6 Å². The minimum Gasteiger partial charge on any atom is -0.389 e. The fraction of sp³-hybridized carbons (Fsp3) is 0.526. The van der Waals surface area contributed by atoms with Gasteiger partial charge in [0, 0.05) is 5.41 Å². The standard InChI is InChI=1S/C19H22O2/c1-18-7-6-16-15(17(18)10-14(21)11-18)4-3-12-9-13(20)5-8-19(12,16)2/h5,8-10,14,21H,3-4,6-7,11H2,1-2H3/t14-,18?,19?/m1/s1. The number of hydrogen-bond acceptors (Lipinski definition) is 2. The van der Waals surface area contributed by atoms with Gasteiger partial charge in [-0.2, -0.15) is 0 Å². The van der Waals surface area contributed by atoms with Crippen LogP contribution in [0.1, 0.15) is 46.0 Å². The highest BCUT2D eigenvalue weighted by molar-refractivity contribution is 6.01. The molecule has 0 aromatic carbocycles. The highest BCUT2D eigenvalue weighted by Gasteiger charge is 2.47. The molecule has 0 saturated carbocycles. The van der Waals surface area contributed by atoms with Gasteiger partial charge in [-0.1, -0.05) is 30.2 Å². The summed E-state index contributed by atoms with van der Waals surface area (Å²) < 4.78 is 0. The summed E-state index contributed by atoms with van der Waals surface area (Å²) in [6, 6.07) is 0. The topological polar surface area (TPSA) is 37.3 Å². The van der Waals surface area contributed by atoms with E-state index in [4.69, 9.17) is 0 Å². The molecule has 0 fully saturated rings. The maximum Gasteiger partial charge on any atom is 0.178 e. The summed E-state index contributed by atoms with van der Waals surface area (Å²) in [5.74, 6) is 0.127. The Bertz CT molecular complexity index is 661. The van der Waals surface area contributed by atoms with Crippen LogP contribution in [-0.2, 0) is 4.79 Å². The Labute approximate surface area is 125 Å². The van der Waals surface area contributed by atoms with Crippen LogP contribution in [0.5, 0.6) is 0 Å². The summed E-state index contributed by atoms with van der Waals surface area (Å²) in [6.07, 6.45) is 12.5. The largest absolute Gasteiger partial charge is 0.389 e. The molecule has 4 rings (SSSR count). The Hall–Kier alpha value is -1.41. The fourth-order valence-corrected chi connectivity index (χ4v) is 4.91. The SMILES string of the molecule is CC12CCC3=C(CCC4=CC(=O)C=CC43C)C1=C[C@@H](O)C2. The van der Waals surface area contributed by atoms with Gasteiger partial charge in [0.05, 0.1) is 6.10 Å². The number of rotatable bonds is 0. The normalized spacial score (nSPS) is 41.3. The third-order valence-corrected chi connectivity index (χ3v) is 6.12. The Kier molecular flexibility index (Phi) is 2.57. The average molecular weight is 282 g/mol. The number of allylic oxidation sites excluding steroid dienone is 7. The molecule has 0 aromatic rings. The number of carbonyl (C=O) groups is 1. The van der Waals surface area contributed by atoms with E-state index < -0.39 is 0 Å². The van der Waals surface area contributed by atoms with Gasteiger partial charge < -0.3 is 5.11 Å². The molecule has 0 aliphatic heterocycles. The first kappa shape index (κ1) is 13.3. The van der Waals surface area contributed by atoms with Gasteiger partial charge >= 0.3 is 0 Å². The van der Waals surface area contributed by atoms with E-state index in [-0.39, 0.29) is 22.7 Å². The van der Waals surface area contributed by atoms with Crippen molar-refractivity contribution in [1.29, 1.82) is 0 Å². The zero-order chi connectivity index (χ0) is 14.8. The monoisotopic (exact) mass is 282 g/mol. The zero-order valence-corrected chi connectivity index (χ0v) is 12.8. The van der Waals surface area contributed by atoms with Crippen molar-refractivity contribution in [2.75, 3.05) is 0 Å². The lowest BCUT2D eigenvalue weighted by Crippen LogP contribution is -2.34. The molecule has 0 spiro atoms. The number of fused-ring (bicyclic) bond motifs is 4. The van der Waals surface area contributed by atoms with Gasteiger partial charge in [0.1, 0.15) is 0 Å². The molecule has 2 heteroatoms. The second-order valence-electron chi connectivity index (χ2n) is 7.48. The highest BCUT2D eigenvalue weighted by Crippen LogP contribution is 2.59. The Morgan fingerprint density at radius 3 is 2.86 bits per heavy atom. The van der Waals surface area contributed by atoms with Crippen LogP contribution in [0.3, 0.4) is 0 Å². The van der Waals surface area contributed by atoms with Crippen molar-refractivity contribution in [3.63, 3.8) is 0 Å². The number of aliphatic hydroxyl groups is 1. The molecule has 0 aromatic heterocycles. The van der Waals surface area contributed by atoms with Crippen LogP contribution < -0.4 is 0 Å². The van der Waals surface area contributed by atoms with Crippen LogP contribution in [0.25, 0.3) is 0 Å². The molecule has 0 amide bonds. The van der Waals surface area contributed by atoms with Gasteiger partial charge in [0.25, 0.3) is 0 Å². The first-order chi connectivity index (χ1) is 9.92. The van der Waals surface area contributed by atoms with Crippen LogP contribution in [0.15, 0.2) is 46.6 Å². The van der Waals surface area contributed by atoms with Crippen molar-refractivity contribution in [2.45, 2.75) is 52.1 Å². The van der Waals surface area contributed by atoms with Gasteiger partial charge in [0.2, 0.25) is 0 Å². The summed E-state index contributed by atoms with van der Waals surface area (Å²) in [5, 5.41) is 10.1. The van der Waals surface area contributed by atoms with E-state index in [2.05, 4.69) is 26.0 Å². The van der Waals surface area contributed by atoms with Gasteiger partial charge in [-0.25, -0.2) is 0 Å². The van der Waals surface area contributed by atoms with E-state index in [9.17, 15) is 9.90 Å². The van der Waals surface area contributed by atoms with E-state index >= 15 is 0 Å². The molecule has 21 heavy (non-hydrogen) atoms. The molecule has 0 saturated heterocycles. The van der Waals surface area contributed by atoms with E-state index in [1.165, 1.54) is 22.3 Å². The zero-order valence-electron chi connectivity index (χ0n) is 12.8. The third kappa shape index (κ3) is 1.72. The molecular weight excluding hydrogens is 260 g/mol. The lowest BCUT2D eigenvalue weighted by molar-refractivity contribution is -0.110. The van der Waals surface area contributed by atoms with Gasteiger partial charge in [-0.05, 0) is 67.7 Å². The first-order valence-electron chi connectivity index (χ1n) is 8.00. The minimum atomic E-state index is -0.287. The van der Waals surface area contributed by atoms with Gasteiger partial charge in [-0.3, -0.25) is 4.79 Å². The first-order valence-corrected chi connectivity index (χ1v) is 8.00. The molecule has 2 unspecified atom stereocenters. The Morgan fingerprint density at radius 2 is 2.05 bits per heavy atom. The predicted molar refractivity (Wildman–Crippen MR) is 82.6 cm³/mol. The Morgan fingerprint density at radius 1 is 1.24 bits per heavy atom. The van der Waals surface area contributed by atoms with Crippen molar-refractivity contribution in [2.24, 2.45) is 10.8 Å². The molecule has 4 aliphatic rings. The highest BCUT2D eigenvalue weighted by atomic mass is 16.3. The minimum absolute atomic E-state index is 0.0722. The third-order valence-electron chi connectivity index (χ3n) is 6.12. The van der Waals surface area contributed by atoms with Crippen molar-refractivity contribution in [1.82, 2.24) is 0 Å². The van der Waals surface area contributed by atoms with Crippen LogP contribution >= 0.6 is 0 Å². The van der Waals surface area contributed by atoms with E-state index in [1.54, 1.807) is 6.08 Å². The van der Waals surface area contributed by atoms with Gasteiger partial charge in [-0.15, -0.1) is 0 Å².